The standard InChI is InChI=1S/C24H40N4O3/c1-5-19(17(2)3)12-23(30)21(11-18-9-7-6-8-10-18)27-24(31)22(28(4)16-29)13-20-14-25-15-26-20/h5,14-19,21-23,30H,1,6-13H2,2-4H3,(H,25,26)(H,27,31)/t19-,21-,22-,23-/m0/s1. The zero-order chi connectivity index (χ0) is 22.8. The second kappa shape index (κ2) is 12.6. The zero-order valence-corrected chi connectivity index (χ0v) is 19.3. The number of carbonyl (C=O) groups excluding carboxylic acids is 2. The van der Waals surface area contributed by atoms with E-state index < -0.39 is 12.1 Å². The number of aliphatic hydroxyl groups is 1. The molecule has 1 aromatic rings. The van der Waals surface area contributed by atoms with E-state index in [0.717, 1.165) is 25.0 Å². The summed E-state index contributed by atoms with van der Waals surface area (Å²) in [7, 11) is 1.60. The first-order chi connectivity index (χ1) is 14.8. The Morgan fingerprint density at radius 2 is 2.10 bits per heavy atom. The Morgan fingerprint density at radius 1 is 1.39 bits per heavy atom. The summed E-state index contributed by atoms with van der Waals surface area (Å²) in [6.07, 6.45) is 12.7. The van der Waals surface area contributed by atoms with Crippen molar-refractivity contribution < 1.29 is 14.7 Å². The highest BCUT2D eigenvalue weighted by Crippen LogP contribution is 2.29. The van der Waals surface area contributed by atoms with Gasteiger partial charge in [-0.1, -0.05) is 52.0 Å². The number of hydrogen-bond acceptors (Lipinski definition) is 4. The fourth-order valence-electron chi connectivity index (χ4n) is 4.56. The van der Waals surface area contributed by atoms with Gasteiger partial charge in [0, 0.05) is 25.4 Å². The van der Waals surface area contributed by atoms with Gasteiger partial charge in [0.2, 0.25) is 12.3 Å². The van der Waals surface area contributed by atoms with Crippen molar-refractivity contribution in [1.82, 2.24) is 20.2 Å². The summed E-state index contributed by atoms with van der Waals surface area (Å²) in [6, 6.07) is -1.01. The number of imidazole rings is 1. The SMILES string of the molecule is C=C[C@@H](C[C@H](O)[C@H](CC1CCCCC1)NC(=O)[C@H](Cc1cnc[nH]1)N(C)C=O)C(C)C. The van der Waals surface area contributed by atoms with Crippen molar-refractivity contribution in [2.24, 2.45) is 17.8 Å². The number of aliphatic hydroxyl groups excluding tert-OH is 1. The minimum absolute atomic E-state index is 0.180. The fourth-order valence-corrected chi connectivity index (χ4v) is 4.56. The first kappa shape index (κ1) is 25.1. The van der Waals surface area contributed by atoms with Gasteiger partial charge in [0.15, 0.2) is 0 Å². The molecule has 0 bridgehead atoms. The van der Waals surface area contributed by atoms with E-state index in [-0.39, 0.29) is 17.9 Å². The molecule has 1 aliphatic rings. The summed E-state index contributed by atoms with van der Waals surface area (Å²) in [5, 5.41) is 14.2. The Hall–Kier alpha value is -2.15. The molecule has 4 atom stereocenters. The third-order valence-corrected chi connectivity index (χ3v) is 6.71. The number of rotatable bonds is 13. The third-order valence-electron chi connectivity index (χ3n) is 6.71. The van der Waals surface area contributed by atoms with Gasteiger partial charge < -0.3 is 20.3 Å². The van der Waals surface area contributed by atoms with Crippen LogP contribution in [0.5, 0.6) is 0 Å². The summed E-state index contributed by atoms with van der Waals surface area (Å²) >= 11 is 0. The van der Waals surface area contributed by atoms with E-state index in [1.54, 1.807) is 19.6 Å². The molecule has 31 heavy (non-hydrogen) atoms. The molecule has 1 heterocycles. The molecule has 0 aliphatic heterocycles. The molecule has 0 saturated heterocycles. The van der Waals surface area contributed by atoms with Crippen molar-refractivity contribution in [3.05, 3.63) is 30.9 Å². The number of amides is 2. The molecule has 174 valence electrons. The van der Waals surface area contributed by atoms with Crippen molar-refractivity contribution in [2.75, 3.05) is 7.05 Å². The van der Waals surface area contributed by atoms with E-state index in [9.17, 15) is 14.7 Å². The number of aromatic amines is 1. The Morgan fingerprint density at radius 3 is 2.65 bits per heavy atom. The molecule has 0 spiro atoms. The second-order valence-corrected chi connectivity index (χ2v) is 9.37. The van der Waals surface area contributed by atoms with Crippen LogP contribution in [0, 0.1) is 17.8 Å². The van der Waals surface area contributed by atoms with Crippen LogP contribution in [0.3, 0.4) is 0 Å². The minimum Gasteiger partial charge on any atom is -0.391 e. The Kier molecular flexibility index (Phi) is 10.2. The summed E-state index contributed by atoms with van der Waals surface area (Å²) in [5.74, 6) is 0.806. The van der Waals surface area contributed by atoms with Gasteiger partial charge in [0.05, 0.1) is 18.5 Å². The Labute approximate surface area is 186 Å². The number of nitrogens with one attached hydrogen (secondary N) is 2. The normalized spacial score (nSPS) is 18.7. The lowest BCUT2D eigenvalue weighted by Gasteiger charge is -2.33. The highest BCUT2D eigenvalue weighted by atomic mass is 16.3. The molecular formula is C24H40N4O3. The lowest BCUT2D eigenvalue weighted by Crippen LogP contribution is -2.53. The Balaban J connectivity index is 2.14. The predicted molar refractivity (Wildman–Crippen MR) is 122 cm³/mol. The zero-order valence-electron chi connectivity index (χ0n) is 19.3. The number of likely N-dealkylation sites (N-methyl/N-ethyl adjacent to an activating group) is 1. The smallest absolute Gasteiger partial charge is 0.243 e. The number of carbonyl (C=O) groups is 2. The van der Waals surface area contributed by atoms with Crippen LogP contribution in [0.15, 0.2) is 25.2 Å². The van der Waals surface area contributed by atoms with Crippen LogP contribution in [0.25, 0.3) is 0 Å². The van der Waals surface area contributed by atoms with Crippen molar-refractivity contribution in [1.29, 1.82) is 0 Å². The Bertz CT molecular complexity index is 670. The number of H-pyrrole nitrogens is 1. The highest BCUT2D eigenvalue weighted by Gasteiger charge is 2.31. The molecular weight excluding hydrogens is 392 g/mol. The quantitative estimate of drug-likeness (QED) is 0.329. The van der Waals surface area contributed by atoms with Crippen molar-refractivity contribution in [3.8, 4) is 0 Å². The van der Waals surface area contributed by atoms with Gasteiger partial charge in [0.25, 0.3) is 0 Å². The van der Waals surface area contributed by atoms with Crippen molar-refractivity contribution in [2.45, 2.75) is 83.4 Å². The van der Waals surface area contributed by atoms with Crippen LogP contribution in [0.1, 0.15) is 64.5 Å². The van der Waals surface area contributed by atoms with Crippen LogP contribution < -0.4 is 5.32 Å². The van der Waals surface area contributed by atoms with E-state index in [0.29, 0.717) is 31.1 Å². The van der Waals surface area contributed by atoms with Gasteiger partial charge in [-0.3, -0.25) is 9.59 Å². The fraction of sp³-hybridized carbons (Fsp3) is 0.708. The van der Waals surface area contributed by atoms with Gasteiger partial charge in [-0.25, -0.2) is 4.98 Å². The summed E-state index contributed by atoms with van der Waals surface area (Å²) in [4.78, 5) is 33.0. The number of allylic oxidation sites excluding steroid dienone is 1. The molecule has 2 amide bonds. The molecule has 0 aromatic carbocycles. The maximum atomic E-state index is 13.2. The lowest BCUT2D eigenvalue weighted by atomic mass is 9.81. The van der Waals surface area contributed by atoms with Crippen LogP contribution in [0.2, 0.25) is 0 Å². The monoisotopic (exact) mass is 432 g/mol. The second-order valence-electron chi connectivity index (χ2n) is 9.37. The van der Waals surface area contributed by atoms with E-state index in [4.69, 9.17) is 0 Å². The van der Waals surface area contributed by atoms with Crippen molar-refractivity contribution in [3.63, 3.8) is 0 Å². The number of aromatic nitrogens is 2. The van der Waals surface area contributed by atoms with E-state index in [1.165, 1.54) is 24.2 Å². The maximum absolute atomic E-state index is 13.2. The molecule has 2 rings (SSSR count). The van der Waals surface area contributed by atoms with E-state index in [1.807, 2.05) is 6.08 Å². The van der Waals surface area contributed by atoms with Gasteiger partial charge in [-0.15, -0.1) is 6.58 Å². The van der Waals surface area contributed by atoms with Crippen LogP contribution >= 0.6 is 0 Å². The first-order valence-corrected chi connectivity index (χ1v) is 11.6. The van der Waals surface area contributed by atoms with E-state index in [2.05, 4.69) is 35.7 Å². The van der Waals surface area contributed by atoms with Gasteiger partial charge >= 0.3 is 0 Å². The van der Waals surface area contributed by atoms with Crippen LogP contribution in [-0.2, 0) is 16.0 Å². The molecule has 1 saturated carbocycles. The molecule has 3 N–H and O–H groups in total. The lowest BCUT2D eigenvalue weighted by molar-refractivity contribution is -0.133. The van der Waals surface area contributed by atoms with Gasteiger partial charge in [0.1, 0.15) is 6.04 Å². The minimum atomic E-state index is -0.667. The molecule has 1 aliphatic carbocycles. The number of hydrogen-bond donors (Lipinski definition) is 3. The summed E-state index contributed by atoms with van der Waals surface area (Å²) < 4.78 is 0. The topological polar surface area (TPSA) is 98.3 Å². The third kappa shape index (κ3) is 7.80. The molecule has 1 aromatic heterocycles. The summed E-state index contributed by atoms with van der Waals surface area (Å²) in [5.41, 5.74) is 0.782. The average molecular weight is 433 g/mol. The molecule has 1 fully saturated rings. The molecule has 0 unspecified atom stereocenters. The first-order valence-electron chi connectivity index (χ1n) is 11.6. The largest absolute Gasteiger partial charge is 0.391 e. The van der Waals surface area contributed by atoms with Crippen LogP contribution in [-0.4, -0.2) is 57.5 Å². The highest BCUT2D eigenvalue weighted by molar-refractivity contribution is 5.84. The van der Waals surface area contributed by atoms with Gasteiger partial charge in [-0.05, 0) is 30.6 Å². The maximum Gasteiger partial charge on any atom is 0.243 e. The molecule has 7 heteroatoms. The van der Waals surface area contributed by atoms with Crippen LogP contribution in [0.4, 0.5) is 0 Å². The van der Waals surface area contributed by atoms with Gasteiger partial charge in [-0.2, -0.15) is 0 Å². The van der Waals surface area contributed by atoms with E-state index >= 15 is 0 Å². The average Bonchev–Trinajstić information content (AvgIpc) is 3.28. The molecule has 7 nitrogen and oxygen atoms in total. The predicted octanol–water partition coefficient (Wildman–Crippen LogP) is 3.07. The summed E-state index contributed by atoms with van der Waals surface area (Å²) in [6.45, 7) is 8.16. The molecule has 0 radical (unpaired) electrons. The number of nitrogens with zero attached hydrogens (tertiary/aromatic N) is 2. The van der Waals surface area contributed by atoms with Crippen molar-refractivity contribution >= 4 is 12.3 Å².